The minimum absolute atomic E-state index is 0.281. The normalized spacial score (nSPS) is 11.0. The van der Waals surface area contributed by atoms with Crippen LogP contribution in [-0.4, -0.2) is 16.5 Å². The molecule has 3 aromatic rings. The average molecular weight is 301 g/mol. The van der Waals surface area contributed by atoms with Gasteiger partial charge < -0.3 is 5.32 Å². The van der Waals surface area contributed by atoms with Gasteiger partial charge in [0.05, 0.1) is 10.4 Å². The van der Waals surface area contributed by atoms with Gasteiger partial charge in [-0.3, -0.25) is 0 Å². The maximum absolute atomic E-state index is 13.5. The molecule has 0 amide bonds. The second-order valence-corrected chi connectivity index (χ2v) is 5.63. The van der Waals surface area contributed by atoms with E-state index in [2.05, 4.69) is 28.3 Å². The molecule has 3 rings (SSSR count). The van der Waals surface area contributed by atoms with Gasteiger partial charge in [0.1, 0.15) is 11.6 Å². The molecular formula is C16H16FN3S. The molecule has 5 heteroatoms. The zero-order valence-corrected chi connectivity index (χ0v) is 12.8. The number of anilines is 1. The Morgan fingerprint density at radius 2 is 2.05 bits per heavy atom. The quantitative estimate of drug-likeness (QED) is 0.771. The zero-order chi connectivity index (χ0) is 14.8. The van der Waals surface area contributed by atoms with Crippen molar-refractivity contribution in [1.82, 2.24) is 9.97 Å². The van der Waals surface area contributed by atoms with E-state index >= 15 is 0 Å². The van der Waals surface area contributed by atoms with E-state index in [0.29, 0.717) is 11.3 Å². The summed E-state index contributed by atoms with van der Waals surface area (Å²) in [5, 5.41) is 6.13. The fourth-order valence-corrected chi connectivity index (χ4v) is 3.25. The number of nitrogens with one attached hydrogen (secondary N) is 1. The van der Waals surface area contributed by atoms with Crippen molar-refractivity contribution in [3.63, 3.8) is 0 Å². The maximum atomic E-state index is 13.5. The number of nitrogens with zero attached hydrogens (tertiary/aromatic N) is 2. The van der Waals surface area contributed by atoms with E-state index in [-0.39, 0.29) is 5.82 Å². The minimum atomic E-state index is -0.281. The van der Waals surface area contributed by atoms with Crippen molar-refractivity contribution < 1.29 is 4.39 Å². The molecule has 108 valence electrons. The second kappa shape index (κ2) is 5.77. The molecule has 0 saturated heterocycles. The summed E-state index contributed by atoms with van der Waals surface area (Å²) in [6, 6.07) is 6.71. The molecule has 3 nitrogen and oxygen atoms in total. The summed E-state index contributed by atoms with van der Waals surface area (Å²) in [5.41, 5.74) is 1.85. The van der Waals surface area contributed by atoms with Crippen molar-refractivity contribution in [2.45, 2.75) is 20.3 Å². The molecule has 1 N–H and O–H groups in total. The summed E-state index contributed by atoms with van der Waals surface area (Å²) >= 11 is 1.62. The lowest BCUT2D eigenvalue weighted by molar-refractivity contribution is 0.629. The topological polar surface area (TPSA) is 37.8 Å². The van der Waals surface area contributed by atoms with Gasteiger partial charge in [-0.25, -0.2) is 14.4 Å². The third-order valence-corrected chi connectivity index (χ3v) is 4.29. The number of benzene rings is 1. The summed E-state index contributed by atoms with van der Waals surface area (Å²) in [6.45, 7) is 4.88. The van der Waals surface area contributed by atoms with Crippen LogP contribution in [0.1, 0.15) is 19.4 Å². The SMILES string of the molecule is CCNc1nc(-c2sccc2CC)nc2cc(F)ccc12. The van der Waals surface area contributed by atoms with Gasteiger partial charge in [0, 0.05) is 18.0 Å². The van der Waals surface area contributed by atoms with E-state index in [1.165, 1.54) is 17.7 Å². The highest BCUT2D eigenvalue weighted by atomic mass is 32.1. The van der Waals surface area contributed by atoms with Gasteiger partial charge in [-0.2, -0.15) is 0 Å². The fraction of sp³-hybridized carbons (Fsp3) is 0.250. The lowest BCUT2D eigenvalue weighted by Crippen LogP contribution is -2.03. The largest absolute Gasteiger partial charge is 0.370 e. The molecule has 1 aromatic carbocycles. The molecule has 0 bridgehead atoms. The molecular weight excluding hydrogens is 285 g/mol. The van der Waals surface area contributed by atoms with Crippen LogP contribution in [0.15, 0.2) is 29.6 Å². The Bertz CT molecular complexity index is 782. The first-order chi connectivity index (χ1) is 10.2. The van der Waals surface area contributed by atoms with Crippen LogP contribution >= 0.6 is 11.3 Å². The van der Waals surface area contributed by atoms with E-state index in [4.69, 9.17) is 0 Å². The molecule has 0 radical (unpaired) electrons. The minimum Gasteiger partial charge on any atom is -0.370 e. The van der Waals surface area contributed by atoms with Crippen molar-refractivity contribution in [1.29, 1.82) is 0 Å². The number of thiophene rings is 1. The first-order valence-corrected chi connectivity index (χ1v) is 7.88. The van der Waals surface area contributed by atoms with E-state index in [1.807, 2.05) is 12.3 Å². The van der Waals surface area contributed by atoms with Crippen molar-refractivity contribution in [3.8, 4) is 10.7 Å². The van der Waals surface area contributed by atoms with Crippen molar-refractivity contribution in [3.05, 3.63) is 41.0 Å². The highest BCUT2D eigenvalue weighted by Gasteiger charge is 2.13. The molecule has 2 heterocycles. The Labute approximate surface area is 126 Å². The number of hydrogen-bond acceptors (Lipinski definition) is 4. The molecule has 0 unspecified atom stereocenters. The number of aryl methyl sites for hydroxylation is 1. The lowest BCUT2D eigenvalue weighted by atomic mass is 10.2. The highest BCUT2D eigenvalue weighted by Crippen LogP contribution is 2.31. The van der Waals surface area contributed by atoms with Crippen LogP contribution in [0, 0.1) is 5.82 Å². The average Bonchev–Trinajstić information content (AvgIpc) is 2.95. The van der Waals surface area contributed by atoms with Gasteiger partial charge in [0.25, 0.3) is 0 Å². The standard InChI is InChI=1S/C16H16FN3S/c1-3-10-7-8-21-14(10)16-19-13-9-11(17)5-6-12(13)15(20-16)18-4-2/h5-9H,3-4H2,1-2H3,(H,18,19,20). The first-order valence-electron chi connectivity index (χ1n) is 7.00. The number of rotatable bonds is 4. The number of fused-ring (bicyclic) bond motifs is 1. The molecule has 21 heavy (non-hydrogen) atoms. The van der Waals surface area contributed by atoms with Crippen LogP contribution in [-0.2, 0) is 6.42 Å². The third kappa shape index (κ3) is 2.61. The van der Waals surface area contributed by atoms with Gasteiger partial charge >= 0.3 is 0 Å². The summed E-state index contributed by atoms with van der Waals surface area (Å²) in [5.74, 6) is 1.14. The van der Waals surface area contributed by atoms with Crippen LogP contribution in [0.25, 0.3) is 21.6 Å². The number of hydrogen-bond donors (Lipinski definition) is 1. The van der Waals surface area contributed by atoms with Crippen molar-refractivity contribution in [2.24, 2.45) is 0 Å². The number of aromatic nitrogens is 2. The summed E-state index contributed by atoms with van der Waals surface area (Å²) < 4.78 is 13.5. The monoisotopic (exact) mass is 301 g/mol. The third-order valence-electron chi connectivity index (χ3n) is 3.33. The molecule has 0 saturated carbocycles. The number of halogens is 1. The van der Waals surface area contributed by atoms with Crippen molar-refractivity contribution in [2.75, 3.05) is 11.9 Å². The van der Waals surface area contributed by atoms with Crippen LogP contribution in [0.4, 0.5) is 10.2 Å². The van der Waals surface area contributed by atoms with Gasteiger partial charge in [-0.15, -0.1) is 11.3 Å². The van der Waals surface area contributed by atoms with Gasteiger partial charge in [0.2, 0.25) is 0 Å². The predicted molar refractivity (Wildman–Crippen MR) is 86.4 cm³/mol. The smallest absolute Gasteiger partial charge is 0.172 e. The first kappa shape index (κ1) is 13.9. The molecule has 2 aromatic heterocycles. The molecule has 0 aliphatic carbocycles. The Kier molecular flexibility index (Phi) is 3.84. The fourth-order valence-electron chi connectivity index (χ4n) is 2.32. The summed E-state index contributed by atoms with van der Waals surface area (Å²) in [4.78, 5) is 10.2. The van der Waals surface area contributed by atoms with Crippen LogP contribution in [0.5, 0.6) is 0 Å². The molecule has 0 aliphatic rings. The second-order valence-electron chi connectivity index (χ2n) is 4.72. The molecule has 0 fully saturated rings. The van der Waals surface area contributed by atoms with Gasteiger partial charge in [-0.1, -0.05) is 6.92 Å². The van der Waals surface area contributed by atoms with E-state index in [9.17, 15) is 4.39 Å². The predicted octanol–water partition coefficient (Wildman–Crippen LogP) is 4.49. The van der Waals surface area contributed by atoms with Crippen LogP contribution < -0.4 is 5.32 Å². The summed E-state index contributed by atoms with van der Waals surface area (Å²) in [6.07, 6.45) is 0.930. The van der Waals surface area contributed by atoms with E-state index < -0.39 is 0 Å². The zero-order valence-electron chi connectivity index (χ0n) is 12.0. The highest BCUT2D eigenvalue weighted by molar-refractivity contribution is 7.13. The maximum Gasteiger partial charge on any atom is 0.172 e. The lowest BCUT2D eigenvalue weighted by Gasteiger charge is -2.09. The van der Waals surface area contributed by atoms with Crippen molar-refractivity contribution >= 4 is 28.1 Å². The van der Waals surface area contributed by atoms with E-state index in [0.717, 1.165) is 29.0 Å². The van der Waals surface area contributed by atoms with Gasteiger partial charge in [-0.05, 0) is 42.5 Å². The van der Waals surface area contributed by atoms with Crippen LogP contribution in [0.2, 0.25) is 0 Å². The molecule has 0 atom stereocenters. The van der Waals surface area contributed by atoms with E-state index in [1.54, 1.807) is 17.4 Å². The Hall–Kier alpha value is -2.01. The Morgan fingerprint density at radius 1 is 1.19 bits per heavy atom. The van der Waals surface area contributed by atoms with Crippen LogP contribution in [0.3, 0.4) is 0 Å². The molecule has 0 spiro atoms. The van der Waals surface area contributed by atoms with Gasteiger partial charge in [0.15, 0.2) is 5.82 Å². The Balaban J connectivity index is 2.24. The summed E-state index contributed by atoms with van der Waals surface area (Å²) in [7, 11) is 0. The molecule has 0 aliphatic heterocycles. The Morgan fingerprint density at radius 3 is 2.81 bits per heavy atom.